The van der Waals surface area contributed by atoms with Crippen molar-refractivity contribution in [1.29, 1.82) is 0 Å². The first-order valence-corrected chi connectivity index (χ1v) is 11.5. The van der Waals surface area contributed by atoms with Crippen molar-refractivity contribution in [3.05, 3.63) is 132 Å². The van der Waals surface area contributed by atoms with E-state index in [9.17, 15) is 4.57 Å². The van der Waals surface area contributed by atoms with Crippen molar-refractivity contribution >= 4 is 17.9 Å². The average molecular weight is 397 g/mol. The van der Waals surface area contributed by atoms with E-state index in [2.05, 4.69) is 48.4 Å². The Balaban J connectivity index is 1.85. The molecule has 4 rings (SSSR count). The van der Waals surface area contributed by atoms with Crippen LogP contribution in [0.15, 0.2) is 115 Å². The number of rotatable bonds is 6. The second kappa shape index (κ2) is 8.61. The van der Waals surface area contributed by atoms with Gasteiger partial charge in [0.1, 0.15) is 0 Å². The Morgan fingerprint density at radius 2 is 1.00 bits per heavy atom. The van der Waals surface area contributed by atoms with Gasteiger partial charge in [0.05, 0.1) is 6.04 Å². The zero-order valence-electron chi connectivity index (χ0n) is 16.4. The molecule has 1 atom stereocenters. The fraction of sp³-hybridized carbons (Fsp3) is 0.0769. The van der Waals surface area contributed by atoms with Gasteiger partial charge in [-0.3, -0.25) is 4.57 Å². The minimum atomic E-state index is -3.07. The van der Waals surface area contributed by atoms with Crippen LogP contribution < -0.4 is 15.7 Å². The fourth-order valence-corrected chi connectivity index (χ4v) is 5.94. The van der Waals surface area contributed by atoms with Crippen molar-refractivity contribution in [3.63, 3.8) is 0 Å². The number of hydrogen-bond acceptors (Lipinski definition) is 1. The molecule has 0 amide bonds. The maximum Gasteiger partial charge on any atom is 0.205 e. The van der Waals surface area contributed by atoms with Crippen LogP contribution in [-0.2, 0) is 4.57 Å². The van der Waals surface area contributed by atoms with E-state index in [0.717, 1.165) is 21.7 Å². The first-order valence-electron chi connectivity index (χ1n) is 9.77. The van der Waals surface area contributed by atoms with Crippen LogP contribution in [0.3, 0.4) is 0 Å². The average Bonchev–Trinajstić information content (AvgIpc) is 2.80. The number of nitrogens with one attached hydrogen (secondary N) is 1. The third kappa shape index (κ3) is 4.24. The Kier molecular flexibility index (Phi) is 5.76. The van der Waals surface area contributed by atoms with Crippen molar-refractivity contribution in [2.24, 2.45) is 0 Å². The summed E-state index contributed by atoms with van der Waals surface area (Å²) >= 11 is 0. The highest BCUT2D eigenvalue weighted by molar-refractivity contribution is 7.76. The largest absolute Gasteiger partial charge is 0.296 e. The predicted octanol–water partition coefficient (Wildman–Crippen LogP) is 5.60. The standard InChI is InChI=1S/C26H24NOP/c1-21-17-19-23(20-18-21)26(22-11-5-2-6-12-22)27-29(28,24-13-7-3-8-14-24)25-15-9-4-10-16-25/h2-20,26H,1H3,(H,27,28). The number of aryl methyl sites for hydroxylation is 1. The molecule has 0 bridgehead atoms. The van der Waals surface area contributed by atoms with Crippen molar-refractivity contribution in [2.45, 2.75) is 13.0 Å². The molecule has 1 unspecified atom stereocenters. The summed E-state index contributed by atoms with van der Waals surface area (Å²) in [4.78, 5) is 0. The lowest BCUT2D eigenvalue weighted by Crippen LogP contribution is -2.31. The van der Waals surface area contributed by atoms with Gasteiger partial charge in [0.2, 0.25) is 7.29 Å². The second-order valence-electron chi connectivity index (χ2n) is 7.16. The van der Waals surface area contributed by atoms with Crippen molar-refractivity contribution in [3.8, 4) is 0 Å². The molecular weight excluding hydrogens is 373 g/mol. The molecule has 0 aliphatic carbocycles. The van der Waals surface area contributed by atoms with Gasteiger partial charge in [-0.2, -0.15) is 0 Å². The molecule has 0 spiro atoms. The Bertz CT molecular complexity index is 1050. The summed E-state index contributed by atoms with van der Waals surface area (Å²) in [5.74, 6) is 0. The van der Waals surface area contributed by atoms with E-state index in [0.29, 0.717) is 0 Å². The van der Waals surface area contributed by atoms with Gasteiger partial charge < -0.3 is 0 Å². The van der Waals surface area contributed by atoms with E-state index in [1.165, 1.54) is 5.56 Å². The first-order chi connectivity index (χ1) is 14.2. The highest BCUT2D eigenvalue weighted by Gasteiger charge is 2.31. The summed E-state index contributed by atoms with van der Waals surface area (Å²) in [6.07, 6.45) is 0. The monoisotopic (exact) mass is 397 g/mol. The lowest BCUT2D eigenvalue weighted by Gasteiger charge is -2.28. The van der Waals surface area contributed by atoms with Gasteiger partial charge in [-0.25, -0.2) is 5.09 Å². The smallest absolute Gasteiger partial charge is 0.205 e. The summed E-state index contributed by atoms with van der Waals surface area (Å²) in [6, 6.07) is 37.9. The molecule has 3 heteroatoms. The Hall–Kier alpha value is -2.93. The van der Waals surface area contributed by atoms with Crippen molar-refractivity contribution in [1.82, 2.24) is 5.09 Å². The molecule has 0 aliphatic rings. The van der Waals surface area contributed by atoms with Crippen LogP contribution in [-0.4, -0.2) is 0 Å². The Morgan fingerprint density at radius 1 is 0.586 bits per heavy atom. The highest BCUT2D eigenvalue weighted by atomic mass is 31.2. The molecule has 0 aromatic heterocycles. The quantitative estimate of drug-likeness (QED) is 0.429. The molecule has 0 fully saturated rings. The number of hydrogen-bond donors (Lipinski definition) is 1. The van der Waals surface area contributed by atoms with E-state index in [4.69, 9.17) is 0 Å². The molecule has 0 saturated carbocycles. The highest BCUT2D eigenvalue weighted by Crippen LogP contribution is 2.43. The van der Waals surface area contributed by atoms with Gasteiger partial charge in [0.25, 0.3) is 0 Å². The minimum absolute atomic E-state index is 0.192. The zero-order valence-corrected chi connectivity index (χ0v) is 17.3. The van der Waals surface area contributed by atoms with Crippen LogP contribution in [0.4, 0.5) is 0 Å². The molecule has 0 aliphatic heterocycles. The predicted molar refractivity (Wildman–Crippen MR) is 122 cm³/mol. The number of benzene rings is 4. The fourth-order valence-electron chi connectivity index (χ4n) is 3.50. The third-order valence-electron chi connectivity index (χ3n) is 5.09. The van der Waals surface area contributed by atoms with Crippen molar-refractivity contribution in [2.75, 3.05) is 0 Å². The van der Waals surface area contributed by atoms with Crippen LogP contribution in [0.5, 0.6) is 0 Å². The topological polar surface area (TPSA) is 29.1 Å². The molecule has 4 aromatic carbocycles. The van der Waals surface area contributed by atoms with E-state index >= 15 is 0 Å². The molecule has 0 heterocycles. The molecule has 2 nitrogen and oxygen atoms in total. The molecular formula is C26H24NOP. The van der Waals surface area contributed by atoms with Crippen molar-refractivity contribution < 1.29 is 4.57 Å². The SMILES string of the molecule is Cc1ccc(C(NP(=O)(c2ccccc2)c2ccccc2)c2ccccc2)cc1. The lowest BCUT2D eigenvalue weighted by atomic mass is 9.99. The molecule has 4 aromatic rings. The van der Waals surface area contributed by atoms with Gasteiger partial charge in [-0.1, -0.05) is 96.6 Å². The van der Waals surface area contributed by atoms with Crippen LogP contribution >= 0.6 is 7.29 Å². The normalized spacial score (nSPS) is 12.4. The summed E-state index contributed by atoms with van der Waals surface area (Å²) < 4.78 is 14.5. The van der Waals surface area contributed by atoms with Crippen LogP contribution in [0.1, 0.15) is 22.7 Å². The van der Waals surface area contributed by atoms with Crippen LogP contribution in [0.2, 0.25) is 0 Å². The maximum absolute atomic E-state index is 14.5. The zero-order chi connectivity index (χ0) is 20.1. The molecule has 1 N–H and O–H groups in total. The molecule has 0 saturated heterocycles. The van der Waals surface area contributed by atoms with Gasteiger partial charge in [-0.05, 0) is 42.3 Å². The lowest BCUT2D eigenvalue weighted by molar-refractivity contribution is 0.572. The van der Waals surface area contributed by atoms with Gasteiger partial charge >= 0.3 is 0 Å². The second-order valence-corrected chi connectivity index (χ2v) is 9.67. The summed E-state index contributed by atoms with van der Waals surface area (Å²) in [6.45, 7) is 2.08. The van der Waals surface area contributed by atoms with E-state index in [1.54, 1.807) is 0 Å². The van der Waals surface area contributed by atoms with Crippen LogP contribution in [0, 0.1) is 6.92 Å². The Labute approximate surface area is 172 Å². The van der Waals surface area contributed by atoms with E-state index in [-0.39, 0.29) is 6.04 Å². The van der Waals surface area contributed by atoms with E-state index in [1.807, 2.05) is 78.9 Å². The molecule has 29 heavy (non-hydrogen) atoms. The summed E-state index contributed by atoms with van der Waals surface area (Å²) in [5, 5.41) is 5.18. The Morgan fingerprint density at radius 3 is 1.48 bits per heavy atom. The van der Waals surface area contributed by atoms with Crippen LogP contribution in [0.25, 0.3) is 0 Å². The van der Waals surface area contributed by atoms with Gasteiger partial charge in [0, 0.05) is 10.6 Å². The first kappa shape index (κ1) is 19.4. The summed E-state index contributed by atoms with van der Waals surface area (Å²) in [5.41, 5.74) is 3.38. The minimum Gasteiger partial charge on any atom is -0.296 e. The maximum atomic E-state index is 14.5. The summed E-state index contributed by atoms with van der Waals surface area (Å²) in [7, 11) is -3.07. The molecule has 0 radical (unpaired) electrons. The van der Waals surface area contributed by atoms with Gasteiger partial charge in [-0.15, -0.1) is 0 Å². The van der Waals surface area contributed by atoms with Gasteiger partial charge in [0.15, 0.2) is 0 Å². The third-order valence-corrected chi connectivity index (χ3v) is 7.77. The molecule has 144 valence electrons. The van der Waals surface area contributed by atoms with E-state index < -0.39 is 7.29 Å².